The zero-order chi connectivity index (χ0) is 11.8. The van der Waals surface area contributed by atoms with Crippen molar-refractivity contribution in [1.82, 2.24) is 14.7 Å². The molecule has 1 saturated carbocycles. The molecule has 0 radical (unpaired) electrons. The lowest BCUT2D eigenvalue weighted by atomic mass is 10.4. The van der Waals surface area contributed by atoms with Crippen molar-refractivity contribution in [3.8, 4) is 0 Å². The van der Waals surface area contributed by atoms with E-state index in [4.69, 9.17) is 9.63 Å². The summed E-state index contributed by atoms with van der Waals surface area (Å²) in [5.74, 6) is 0.649. The van der Waals surface area contributed by atoms with E-state index in [1.165, 1.54) is 0 Å². The number of hydrogen-bond acceptors (Lipinski definition) is 4. The van der Waals surface area contributed by atoms with Crippen LogP contribution in [0.15, 0.2) is 22.9 Å². The molecule has 0 bridgehead atoms. The van der Waals surface area contributed by atoms with Crippen LogP contribution < -0.4 is 0 Å². The van der Waals surface area contributed by atoms with Gasteiger partial charge < -0.3 is 14.2 Å². The number of hydrogen-bond donors (Lipinski definition) is 1. The molecule has 0 unspecified atom stereocenters. The Bertz CT molecular complexity index is 554. The van der Waals surface area contributed by atoms with Crippen molar-refractivity contribution in [1.29, 1.82) is 0 Å². The van der Waals surface area contributed by atoms with Gasteiger partial charge in [0.1, 0.15) is 5.69 Å². The van der Waals surface area contributed by atoms with Gasteiger partial charge in [-0.05, 0) is 25.0 Å². The number of aromatic carboxylic acids is 1. The summed E-state index contributed by atoms with van der Waals surface area (Å²) >= 11 is 0. The Hall–Kier alpha value is -2.11. The molecule has 0 aromatic carbocycles. The Morgan fingerprint density at radius 2 is 2.41 bits per heavy atom. The number of rotatable bonds is 4. The minimum atomic E-state index is -0.957. The van der Waals surface area contributed by atoms with Crippen LogP contribution in [0.4, 0.5) is 0 Å². The maximum Gasteiger partial charge on any atom is 0.352 e. The SMILES string of the molecule is O=C(O)c1cccn1Cc1noc(C2CC2)n1. The maximum absolute atomic E-state index is 10.9. The first-order valence-corrected chi connectivity index (χ1v) is 5.45. The fourth-order valence-electron chi connectivity index (χ4n) is 1.73. The van der Waals surface area contributed by atoms with E-state index in [0.717, 1.165) is 12.8 Å². The third-order valence-electron chi connectivity index (χ3n) is 2.77. The number of nitrogens with zero attached hydrogens (tertiary/aromatic N) is 3. The first kappa shape index (κ1) is 10.1. The Morgan fingerprint density at radius 3 is 3.12 bits per heavy atom. The molecule has 2 heterocycles. The molecule has 88 valence electrons. The van der Waals surface area contributed by atoms with Gasteiger partial charge in [-0.1, -0.05) is 5.16 Å². The average Bonchev–Trinajstić information content (AvgIpc) is 2.87. The van der Waals surface area contributed by atoms with E-state index >= 15 is 0 Å². The summed E-state index contributed by atoms with van der Waals surface area (Å²) in [5, 5.41) is 12.8. The van der Waals surface area contributed by atoms with E-state index in [1.807, 2.05) is 0 Å². The third kappa shape index (κ3) is 1.93. The lowest BCUT2D eigenvalue weighted by molar-refractivity contribution is 0.0685. The molecular formula is C11H11N3O3. The Balaban J connectivity index is 1.80. The summed E-state index contributed by atoms with van der Waals surface area (Å²) in [4.78, 5) is 15.2. The van der Waals surface area contributed by atoms with Gasteiger partial charge in [-0.2, -0.15) is 4.98 Å². The number of carboxylic acid groups (broad SMARTS) is 1. The number of carboxylic acids is 1. The first-order chi connectivity index (χ1) is 8.24. The van der Waals surface area contributed by atoms with Crippen molar-refractivity contribution in [2.75, 3.05) is 0 Å². The highest BCUT2D eigenvalue weighted by Crippen LogP contribution is 2.38. The summed E-state index contributed by atoms with van der Waals surface area (Å²) < 4.78 is 6.70. The number of aromatic nitrogens is 3. The number of carbonyl (C=O) groups is 1. The molecule has 0 amide bonds. The molecular weight excluding hydrogens is 222 g/mol. The van der Waals surface area contributed by atoms with E-state index in [2.05, 4.69) is 10.1 Å². The summed E-state index contributed by atoms with van der Waals surface area (Å²) in [6, 6.07) is 3.23. The standard InChI is InChI=1S/C11H11N3O3/c15-11(16)8-2-1-5-14(8)6-9-12-10(17-13-9)7-3-4-7/h1-2,5,7H,3-4,6H2,(H,15,16). The zero-order valence-electron chi connectivity index (χ0n) is 9.04. The molecule has 1 N–H and O–H groups in total. The second-order valence-corrected chi connectivity index (χ2v) is 4.15. The van der Waals surface area contributed by atoms with E-state index in [1.54, 1.807) is 22.9 Å². The van der Waals surface area contributed by atoms with Gasteiger partial charge in [0.15, 0.2) is 5.82 Å². The van der Waals surface area contributed by atoms with E-state index in [0.29, 0.717) is 24.2 Å². The molecule has 0 aliphatic heterocycles. The van der Waals surface area contributed by atoms with Gasteiger partial charge in [-0.25, -0.2) is 4.79 Å². The first-order valence-electron chi connectivity index (χ1n) is 5.45. The largest absolute Gasteiger partial charge is 0.477 e. The Kier molecular flexibility index (Phi) is 2.21. The van der Waals surface area contributed by atoms with Crippen molar-refractivity contribution in [2.24, 2.45) is 0 Å². The van der Waals surface area contributed by atoms with Crippen LogP contribution in [-0.2, 0) is 6.54 Å². The smallest absolute Gasteiger partial charge is 0.352 e. The molecule has 1 fully saturated rings. The van der Waals surface area contributed by atoms with Crippen molar-refractivity contribution in [3.63, 3.8) is 0 Å². The maximum atomic E-state index is 10.9. The van der Waals surface area contributed by atoms with Crippen LogP contribution in [0, 0.1) is 0 Å². The van der Waals surface area contributed by atoms with Gasteiger partial charge in [0.2, 0.25) is 5.89 Å². The van der Waals surface area contributed by atoms with Gasteiger partial charge in [0.05, 0.1) is 6.54 Å². The molecule has 3 rings (SSSR count). The van der Waals surface area contributed by atoms with Crippen molar-refractivity contribution >= 4 is 5.97 Å². The highest BCUT2D eigenvalue weighted by molar-refractivity contribution is 5.85. The van der Waals surface area contributed by atoms with Crippen LogP contribution >= 0.6 is 0 Å². The van der Waals surface area contributed by atoms with Crippen molar-refractivity contribution in [2.45, 2.75) is 25.3 Å². The zero-order valence-corrected chi connectivity index (χ0v) is 9.04. The molecule has 6 heteroatoms. The molecule has 6 nitrogen and oxygen atoms in total. The molecule has 1 aliphatic carbocycles. The highest BCUT2D eigenvalue weighted by atomic mass is 16.5. The van der Waals surface area contributed by atoms with Crippen LogP contribution in [0.1, 0.15) is 41.0 Å². The van der Waals surface area contributed by atoms with Gasteiger partial charge in [0.25, 0.3) is 0 Å². The molecule has 0 saturated heterocycles. The molecule has 17 heavy (non-hydrogen) atoms. The van der Waals surface area contributed by atoms with E-state index in [-0.39, 0.29) is 5.69 Å². The van der Waals surface area contributed by atoms with Gasteiger partial charge in [0, 0.05) is 12.1 Å². The van der Waals surface area contributed by atoms with E-state index in [9.17, 15) is 4.79 Å². The lowest BCUT2D eigenvalue weighted by Gasteiger charge is -2.01. The fraction of sp³-hybridized carbons (Fsp3) is 0.364. The van der Waals surface area contributed by atoms with Crippen LogP contribution in [0.25, 0.3) is 0 Å². The van der Waals surface area contributed by atoms with Gasteiger partial charge in [-0.3, -0.25) is 0 Å². The van der Waals surface area contributed by atoms with E-state index < -0.39 is 5.97 Å². The van der Waals surface area contributed by atoms with Gasteiger partial charge in [-0.15, -0.1) is 0 Å². The predicted molar refractivity (Wildman–Crippen MR) is 56.8 cm³/mol. The summed E-state index contributed by atoms with van der Waals surface area (Å²) in [7, 11) is 0. The van der Waals surface area contributed by atoms with Crippen molar-refractivity contribution in [3.05, 3.63) is 35.7 Å². The normalized spacial score (nSPS) is 15.1. The highest BCUT2D eigenvalue weighted by Gasteiger charge is 2.29. The molecule has 0 spiro atoms. The van der Waals surface area contributed by atoms with Crippen LogP contribution in [0.3, 0.4) is 0 Å². The van der Waals surface area contributed by atoms with Gasteiger partial charge >= 0.3 is 5.97 Å². The Labute approximate surface area is 96.9 Å². The second-order valence-electron chi connectivity index (χ2n) is 4.15. The van der Waals surface area contributed by atoms with Crippen LogP contribution in [0.2, 0.25) is 0 Å². The second kappa shape index (κ2) is 3.73. The van der Waals surface area contributed by atoms with Crippen molar-refractivity contribution < 1.29 is 14.4 Å². The summed E-state index contributed by atoms with van der Waals surface area (Å²) in [5.41, 5.74) is 0.225. The molecule has 2 aromatic heterocycles. The third-order valence-corrected chi connectivity index (χ3v) is 2.77. The topological polar surface area (TPSA) is 81.1 Å². The Morgan fingerprint density at radius 1 is 1.59 bits per heavy atom. The summed E-state index contributed by atoms with van der Waals surface area (Å²) in [6.45, 7) is 0.324. The summed E-state index contributed by atoms with van der Waals surface area (Å²) in [6.07, 6.45) is 3.90. The molecule has 2 aromatic rings. The minimum absolute atomic E-state index is 0.225. The minimum Gasteiger partial charge on any atom is -0.477 e. The molecule has 0 atom stereocenters. The van der Waals surface area contributed by atoms with Crippen LogP contribution in [0.5, 0.6) is 0 Å². The van der Waals surface area contributed by atoms with Crippen LogP contribution in [-0.4, -0.2) is 25.8 Å². The quantitative estimate of drug-likeness (QED) is 0.865. The monoisotopic (exact) mass is 233 g/mol. The lowest BCUT2D eigenvalue weighted by Crippen LogP contribution is -2.09. The average molecular weight is 233 g/mol. The molecule has 1 aliphatic rings. The predicted octanol–water partition coefficient (Wildman–Crippen LogP) is 1.49. The fourth-order valence-corrected chi connectivity index (χ4v) is 1.73.